The highest BCUT2D eigenvalue weighted by molar-refractivity contribution is 5.74. The van der Waals surface area contributed by atoms with Crippen LogP contribution in [-0.2, 0) is 14.3 Å². The number of benzene rings is 1. The van der Waals surface area contributed by atoms with Crippen molar-refractivity contribution in [3.8, 4) is 0 Å². The summed E-state index contributed by atoms with van der Waals surface area (Å²) in [7, 11) is 0. The Hall–Kier alpha value is -3.04. The fourth-order valence-corrected chi connectivity index (χ4v) is 4.42. The Bertz CT molecular complexity index is 892. The standard InChI is InChI=1S/C24H36N4O6/c1-5-33-22(29)18-9-13-26(14-10-18)21-17-19(7-8-20(21)28(31)32)25-11-6-12-27(16-15-25)23(30)34-24(2,3)4/h7-8,17-18H,5-6,9-16H2,1-4H3. The number of ether oxygens (including phenoxy) is 2. The molecule has 0 N–H and O–H groups in total. The predicted molar refractivity (Wildman–Crippen MR) is 129 cm³/mol. The molecular weight excluding hydrogens is 440 g/mol. The van der Waals surface area contributed by atoms with Gasteiger partial charge >= 0.3 is 12.1 Å². The zero-order chi connectivity index (χ0) is 24.9. The molecule has 188 valence electrons. The Balaban J connectivity index is 1.72. The van der Waals surface area contributed by atoms with Crippen molar-refractivity contribution in [1.29, 1.82) is 0 Å². The summed E-state index contributed by atoms with van der Waals surface area (Å²) in [6, 6.07) is 5.20. The minimum atomic E-state index is -0.545. The molecule has 0 aromatic heterocycles. The van der Waals surface area contributed by atoms with Gasteiger partial charge in [-0.05, 0) is 59.1 Å². The van der Waals surface area contributed by atoms with Crippen LogP contribution in [0, 0.1) is 16.0 Å². The number of rotatable bonds is 5. The van der Waals surface area contributed by atoms with Crippen molar-refractivity contribution < 1.29 is 24.0 Å². The van der Waals surface area contributed by atoms with Crippen LogP contribution in [0.2, 0.25) is 0 Å². The van der Waals surface area contributed by atoms with Gasteiger partial charge in [-0.15, -0.1) is 0 Å². The number of esters is 1. The average Bonchev–Trinajstić information content (AvgIpc) is 3.04. The number of hydrogen-bond donors (Lipinski definition) is 0. The normalized spacial score (nSPS) is 17.8. The molecule has 2 saturated heterocycles. The van der Waals surface area contributed by atoms with Crippen LogP contribution < -0.4 is 9.80 Å². The average molecular weight is 477 g/mol. The van der Waals surface area contributed by atoms with Crippen molar-refractivity contribution in [3.63, 3.8) is 0 Å². The molecule has 10 heteroatoms. The van der Waals surface area contributed by atoms with Crippen molar-refractivity contribution in [1.82, 2.24) is 4.90 Å². The summed E-state index contributed by atoms with van der Waals surface area (Å²) in [5.74, 6) is -0.354. The van der Waals surface area contributed by atoms with E-state index in [1.807, 2.05) is 31.7 Å². The highest BCUT2D eigenvalue weighted by Crippen LogP contribution is 2.35. The number of hydrogen-bond acceptors (Lipinski definition) is 8. The maximum absolute atomic E-state index is 12.5. The molecule has 2 fully saturated rings. The van der Waals surface area contributed by atoms with Gasteiger partial charge in [0.05, 0.1) is 17.4 Å². The monoisotopic (exact) mass is 476 g/mol. The van der Waals surface area contributed by atoms with Crippen LogP contribution in [0.25, 0.3) is 0 Å². The summed E-state index contributed by atoms with van der Waals surface area (Å²) < 4.78 is 10.6. The highest BCUT2D eigenvalue weighted by Gasteiger charge is 2.30. The second-order valence-electron chi connectivity index (χ2n) is 9.75. The highest BCUT2D eigenvalue weighted by atomic mass is 16.6. The van der Waals surface area contributed by atoms with Gasteiger partial charge in [0, 0.05) is 51.0 Å². The van der Waals surface area contributed by atoms with Crippen molar-refractivity contribution in [2.75, 3.05) is 55.7 Å². The molecule has 0 unspecified atom stereocenters. The summed E-state index contributed by atoms with van der Waals surface area (Å²) in [4.78, 5) is 41.8. The number of nitrogens with zero attached hydrogens (tertiary/aromatic N) is 4. The largest absolute Gasteiger partial charge is 0.466 e. The van der Waals surface area contributed by atoms with Crippen molar-refractivity contribution in [2.24, 2.45) is 5.92 Å². The van der Waals surface area contributed by atoms with Crippen LogP contribution in [0.1, 0.15) is 47.0 Å². The van der Waals surface area contributed by atoms with Crippen LogP contribution >= 0.6 is 0 Å². The molecule has 0 spiro atoms. The zero-order valence-electron chi connectivity index (χ0n) is 20.6. The van der Waals surface area contributed by atoms with Gasteiger partial charge < -0.3 is 24.2 Å². The lowest BCUT2D eigenvalue weighted by atomic mass is 9.96. The van der Waals surface area contributed by atoms with E-state index in [4.69, 9.17) is 9.47 Å². The molecule has 10 nitrogen and oxygen atoms in total. The first-order valence-electron chi connectivity index (χ1n) is 12.0. The van der Waals surface area contributed by atoms with Crippen LogP contribution in [0.15, 0.2) is 18.2 Å². The number of nitro benzene ring substituents is 1. The second-order valence-corrected chi connectivity index (χ2v) is 9.75. The molecule has 2 aliphatic heterocycles. The third-order valence-electron chi connectivity index (χ3n) is 6.12. The third-order valence-corrected chi connectivity index (χ3v) is 6.12. The Morgan fingerprint density at radius 3 is 2.38 bits per heavy atom. The molecule has 0 saturated carbocycles. The van der Waals surface area contributed by atoms with Crippen LogP contribution in [-0.4, -0.2) is 73.4 Å². The van der Waals surface area contributed by atoms with Gasteiger partial charge in [0.2, 0.25) is 0 Å². The molecule has 2 heterocycles. The minimum Gasteiger partial charge on any atom is -0.466 e. The van der Waals surface area contributed by atoms with E-state index in [1.54, 1.807) is 24.0 Å². The number of nitro groups is 1. The fourth-order valence-electron chi connectivity index (χ4n) is 4.42. The number of amides is 1. The van der Waals surface area contributed by atoms with E-state index < -0.39 is 5.60 Å². The topological polar surface area (TPSA) is 105 Å². The molecule has 2 aliphatic rings. The van der Waals surface area contributed by atoms with Crippen LogP contribution in [0.3, 0.4) is 0 Å². The maximum Gasteiger partial charge on any atom is 0.410 e. The minimum absolute atomic E-state index is 0.0588. The van der Waals surface area contributed by atoms with E-state index in [1.165, 1.54) is 0 Å². The Morgan fingerprint density at radius 2 is 1.76 bits per heavy atom. The van der Waals surface area contributed by atoms with E-state index in [9.17, 15) is 19.7 Å². The number of anilines is 2. The third kappa shape index (κ3) is 6.51. The quantitative estimate of drug-likeness (QED) is 0.359. The molecule has 1 aromatic rings. The molecule has 0 bridgehead atoms. The van der Waals surface area contributed by atoms with Gasteiger partial charge in [-0.3, -0.25) is 14.9 Å². The van der Waals surface area contributed by atoms with Gasteiger partial charge in [0.1, 0.15) is 11.3 Å². The van der Waals surface area contributed by atoms with E-state index in [-0.39, 0.29) is 28.6 Å². The lowest BCUT2D eigenvalue weighted by molar-refractivity contribution is -0.384. The molecule has 34 heavy (non-hydrogen) atoms. The van der Waals surface area contributed by atoms with Crippen LogP contribution in [0.4, 0.5) is 21.9 Å². The van der Waals surface area contributed by atoms with Gasteiger partial charge in [0.25, 0.3) is 5.69 Å². The SMILES string of the molecule is CCOC(=O)C1CCN(c2cc(N3CCCN(C(=O)OC(C)(C)C)CC3)ccc2[N+](=O)[O-])CC1. The van der Waals surface area contributed by atoms with Crippen LogP contribution in [0.5, 0.6) is 0 Å². The van der Waals surface area contributed by atoms with Gasteiger partial charge in [-0.25, -0.2) is 4.79 Å². The number of carbonyl (C=O) groups excluding carboxylic acids is 2. The second kappa shape index (κ2) is 10.9. The Labute approximate surface area is 200 Å². The van der Waals surface area contributed by atoms with E-state index in [0.717, 1.165) is 18.7 Å². The maximum atomic E-state index is 12.5. The predicted octanol–water partition coefficient (Wildman–Crippen LogP) is 3.82. The summed E-state index contributed by atoms with van der Waals surface area (Å²) in [5.41, 5.74) is 0.970. The first-order chi connectivity index (χ1) is 16.1. The Kier molecular flexibility index (Phi) is 8.22. The van der Waals surface area contributed by atoms with E-state index in [0.29, 0.717) is 57.9 Å². The molecule has 1 amide bonds. The van der Waals surface area contributed by atoms with Gasteiger partial charge in [-0.2, -0.15) is 0 Å². The summed E-state index contributed by atoms with van der Waals surface area (Å²) >= 11 is 0. The Morgan fingerprint density at radius 1 is 1.06 bits per heavy atom. The van der Waals surface area contributed by atoms with Gasteiger partial charge in [0.15, 0.2) is 0 Å². The molecule has 0 atom stereocenters. The summed E-state index contributed by atoms with van der Waals surface area (Å²) in [6.45, 7) is 11.3. The summed E-state index contributed by atoms with van der Waals surface area (Å²) in [6.07, 6.45) is 1.67. The fraction of sp³-hybridized carbons (Fsp3) is 0.667. The smallest absolute Gasteiger partial charge is 0.410 e. The first-order valence-corrected chi connectivity index (χ1v) is 12.0. The van der Waals surface area contributed by atoms with Crippen molar-refractivity contribution in [3.05, 3.63) is 28.3 Å². The van der Waals surface area contributed by atoms with E-state index >= 15 is 0 Å². The number of carbonyl (C=O) groups is 2. The van der Waals surface area contributed by atoms with Crippen molar-refractivity contribution >= 4 is 29.1 Å². The summed E-state index contributed by atoms with van der Waals surface area (Å²) in [5, 5.41) is 11.7. The lowest BCUT2D eigenvalue weighted by Crippen LogP contribution is -2.39. The van der Waals surface area contributed by atoms with Crippen molar-refractivity contribution in [2.45, 2.75) is 52.6 Å². The molecule has 1 aromatic carbocycles. The number of piperidine rings is 1. The van der Waals surface area contributed by atoms with E-state index in [2.05, 4.69) is 4.90 Å². The first kappa shape index (κ1) is 25.6. The molecular formula is C24H36N4O6. The van der Waals surface area contributed by atoms with Gasteiger partial charge in [-0.1, -0.05) is 0 Å². The zero-order valence-corrected chi connectivity index (χ0v) is 20.6. The molecule has 3 rings (SSSR count). The lowest BCUT2D eigenvalue weighted by Gasteiger charge is -2.33. The molecule has 0 aliphatic carbocycles. The molecule has 0 radical (unpaired) electrons.